The molecule has 0 radical (unpaired) electrons. The Morgan fingerprint density at radius 1 is 1.15 bits per heavy atom. The average molecular weight is 381 g/mol. The van der Waals surface area contributed by atoms with Crippen LogP contribution in [0.25, 0.3) is 0 Å². The number of amides is 1. The van der Waals surface area contributed by atoms with Crippen molar-refractivity contribution in [3.05, 3.63) is 35.9 Å². The van der Waals surface area contributed by atoms with Crippen molar-refractivity contribution in [2.24, 2.45) is 5.92 Å². The van der Waals surface area contributed by atoms with E-state index >= 15 is 0 Å². The summed E-state index contributed by atoms with van der Waals surface area (Å²) in [5.74, 6) is 0.896. The van der Waals surface area contributed by atoms with E-state index in [1.165, 1.54) is 19.3 Å². The van der Waals surface area contributed by atoms with Gasteiger partial charge in [0.2, 0.25) is 0 Å². The van der Waals surface area contributed by atoms with Crippen LogP contribution < -0.4 is 5.32 Å². The van der Waals surface area contributed by atoms with Crippen LogP contribution in [0, 0.1) is 5.92 Å². The Morgan fingerprint density at radius 3 is 2.42 bits per heavy atom. The molecule has 1 aliphatic carbocycles. The van der Waals surface area contributed by atoms with E-state index in [1.807, 2.05) is 42.3 Å². The largest absolute Gasteiger partial charge is 0.360 e. The Kier molecular flexibility index (Phi) is 8.89. The maximum atomic E-state index is 13.2. The van der Waals surface area contributed by atoms with E-state index in [2.05, 4.69) is 5.32 Å². The highest BCUT2D eigenvalue weighted by molar-refractivity contribution is 5.85. The molecule has 2 aliphatic rings. The molecule has 1 heterocycles. The fourth-order valence-corrected chi connectivity index (χ4v) is 4.08. The van der Waals surface area contributed by atoms with Crippen molar-refractivity contribution in [1.29, 1.82) is 0 Å². The van der Waals surface area contributed by atoms with Crippen molar-refractivity contribution in [3.8, 4) is 0 Å². The molecule has 1 aliphatic heterocycles. The molecule has 1 N–H and O–H groups in total. The Bertz CT molecular complexity index is 526. The van der Waals surface area contributed by atoms with E-state index in [9.17, 15) is 4.79 Å². The quantitative estimate of drug-likeness (QED) is 0.778. The summed E-state index contributed by atoms with van der Waals surface area (Å²) in [6.45, 7) is 2.80. The predicted molar refractivity (Wildman–Crippen MR) is 108 cm³/mol. The van der Waals surface area contributed by atoms with Crippen molar-refractivity contribution >= 4 is 18.3 Å². The summed E-state index contributed by atoms with van der Waals surface area (Å²) < 4.78 is 6.30. The monoisotopic (exact) mass is 380 g/mol. The topological polar surface area (TPSA) is 41.6 Å². The molecule has 26 heavy (non-hydrogen) atoms. The van der Waals surface area contributed by atoms with Crippen LogP contribution >= 0.6 is 12.4 Å². The number of halogens is 1. The zero-order valence-corrected chi connectivity index (χ0v) is 16.7. The Morgan fingerprint density at radius 2 is 1.81 bits per heavy atom. The highest BCUT2D eigenvalue weighted by Gasteiger charge is 2.32. The van der Waals surface area contributed by atoms with Gasteiger partial charge in [-0.05, 0) is 57.2 Å². The lowest BCUT2D eigenvalue weighted by Gasteiger charge is -2.35. The summed E-state index contributed by atoms with van der Waals surface area (Å²) in [6, 6.07) is 10.0. The molecule has 5 heteroatoms. The second kappa shape index (κ2) is 10.9. The zero-order chi connectivity index (χ0) is 17.5. The molecular weight excluding hydrogens is 348 g/mol. The molecule has 1 saturated carbocycles. The van der Waals surface area contributed by atoms with Crippen LogP contribution in [0.5, 0.6) is 0 Å². The molecule has 0 aromatic heterocycles. The van der Waals surface area contributed by atoms with Gasteiger partial charge in [0.05, 0.1) is 6.10 Å². The standard InChI is InChI=1S/C21H32N2O2.ClH/c1-22-14-11-17-12-15-23(16-13-17)21(24)20(18-7-3-2-4-8-18)25-19-9-5-6-10-19;/h2-4,7-8,17,19-20,22H,5-6,9-16H2,1H3;1H. The maximum absolute atomic E-state index is 13.2. The summed E-state index contributed by atoms with van der Waals surface area (Å²) in [6.07, 6.45) is 7.84. The number of ether oxygens (including phenoxy) is 1. The molecular formula is C21H33ClN2O2. The van der Waals surface area contributed by atoms with Crippen LogP contribution in [-0.2, 0) is 9.53 Å². The fourth-order valence-electron chi connectivity index (χ4n) is 4.08. The van der Waals surface area contributed by atoms with Gasteiger partial charge in [-0.15, -0.1) is 12.4 Å². The summed E-state index contributed by atoms with van der Waals surface area (Å²) in [5, 5.41) is 3.23. The minimum atomic E-state index is -0.432. The molecule has 1 amide bonds. The number of piperidine rings is 1. The minimum Gasteiger partial charge on any atom is -0.360 e. The molecule has 1 unspecified atom stereocenters. The first-order valence-corrected chi connectivity index (χ1v) is 9.91. The zero-order valence-electron chi connectivity index (χ0n) is 15.9. The van der Waals surface area contributed by atoms with Gasteiger partial charge in [-0.25, -0.2) is 0 Å². The van der Waals surface area contributed by atoms with E-state index < -0.39 is 6.10 Å². The number of hydrogen-bond acceptors (Lipinski definition) is 3. The summed E-state index contributed by atoms with van der Waals surface area (Å²) >= 11 is 0. The predicted octanol–water partition coefficient (Wildman–Crippen LogP) is 3.96. The highest BCUT2D eigenvalue weighted by atomic mass is 35.5. The number of nitrogens with one attached hydrogen (secondary N) is 1. The van der Waals surface area contributed by atoms with E-state index in [1.54, 1.807) is 0 Å². The molecule has 0 spiro atoms. The highest BCUT2D eigenvalue weighted by Crippen LogP contribution is 2.30. The van der Waals surface area contributed by atoms with Gasteiger partial charge in [0.25, 0.3) is 5.91 Å². The van der Waals surface area contributed by atoms with E-state index in [0.29, 0.717) is 0 Å². The second-order valence-electron chi connectivity index (χ2n) is 7.49. The van der Waals surface area contributed by atoms with Gasteiger partial charge in [-0.2, -0.15) is 0 Å². The van der Waals surface area contributed by atoms with Crippen LogP contribution in [0.15, 0.2) is 30.3 Å². The summed E-state index contributed by atoms with van der Waals surface area (Å²) in [7, 11) is 2.00. The molecule has 4 nitrogen and oxygen atoms in total. The second-order valence-corrected chi connectivity index (χ2v) is 7.49. The number of likely N-dealkylation sites (tertiary alicyclic amines) is 1. The molecule has 1 atom stereocenters. The van der Waals surface area contributed by atoms with Crippen LogP contribution in [0.1, 0.15) is 56.6 Å². The van der Waals surface area contributed by atoms with Gasteiger partial charge in [0.1, 0.15) is 0 Å². The summed E-state index contributed by atoms with van der Waals surface area (Å²) in [5.41, 5.74) is 0.997. The molecule has 2 fully saturated rings. The number of nitrogens with zero attached hydrogens (tertiary/aromatic N) is 1. The lowest BCUT2D eigenvalue weighted by Crippen LogP contribution is -2.42. The van der Waals surface area contributed by atoms with Gasteiger partial charge < -0.3 is 15.0 Å². The lowest BCUT2D eigenvalue weighted by molar-refractivity contribution is -0.149. The van der Waals surface area contributed by atoms with Crippen LogP contribution in [-0.4, -0.2) is 43.6 Å². The number of rotatable bonds is 7. The average Bonchev–Trinajstić information content (AvgIpc) is 3.18. The van der Waals surface area contributed by atoms with Crippen LogP contribution in [0.2, 0.25) is 0 Å². The first kappa shape index (κ1) is 21.2. The normalized spacial score (nSPS) is 20.0. The molecule has 146 valence electrons. The third-order valence-electron chi connectivity index (χ3n) is 5.69. The first-order valence-electron chi connectivity index (χ1n) is 9.91. The third-order valence-corrected chi connectivity index (χ3v) is 5.69. The van der Waals surface area contributed by atoms with Crippen LogP contribution in [0.4, 0.5) is 0 Å². The molecule has 0 bridgehead atoms. The van der Waals surface area contributed by atoms with Crippen molar-refractivity contribution < 1.29 is 9.53 Å². The Labute approximate surface area is 164 Å². The van der Waals surface area contributed by atoms with Gasteiger partial charge in [-0.1, -0.05) is 43.2 Å². The number of hydrogen-bond donors (Lipinski definition) is 1. The SMILES string of the molecule is CNCCC1CCN(C(=O)C(OC2CCCC2)c2ccccc2)CC1.Cl. The van der Waals surface area contributed by atoms with Crippen LogP contribution in [0.3, 0.4) is 0 Å². The third kappa shape index (κ3) is 5.70. The molecule has 1 aromatic carbocycles. The fraction of sp³-hybridized carbons (Fsp3) is 0.667. The smallest absolute Gasteiger partial charge is 0.256 e. The van der Waals surface area contributed by atoms with Crippen molar-refractivity contribution in [2.45, 2.75) is 57.2 Å². The van der Waals surface area contributed by atoms with Gasteiger partial charge in [-0.3, -0.25) is 4.79 Å². The van der Waals surface area contributed by atoms with E-state index in [4.69, 9.17) is 4.74 Å². The minimum absolute atomic E-state index is 0. The van der Waals surface area contributed by atoms with E-state index in [-0.39, 0.29) is 24.4 Å². The number of benzene rings is 1. The Balaban J connectivity index is 0.00000243. The Hall–Kier alpha value is -1.10. The number of carbonyl (C=O) groups is 1. The maximum Gasteiger partial charge on any atom is 0.256 e. The van der Waals surface area contributed by atoms with Gasteiger partial charge >= 0.3 is 0 Å². The molecule has 3 rings (SSSR count). The van der Waals surface area contributed by atoms with Crippen molar-refractivity contribution in [1.82, 2.24) is 10.2 Å². The molecule has 1 aromatic rings. The van der Waals surface area contributed by atoms with Gasteiger partial charge in [0.15, 0.2) is 6.10 Å². The molecule has 1 saturated heterocycles. The van der Waals surface area contributed by atoms with Crippen molar-refractivity contribution in [2.75, 3.05) is 26.7 Å². The van der Waals surface area contributed by atoms with Gasteiger partial charge in [0, 0.05) is 13.1 Å². The number of carbonyl (C=O) groups excluding carboxylic acids is 1. The lowest BCUT2D eigenvalue weighted by atomic mass is 9.93. The first-order chi connectivity index (χ1) is 12.3. The van der Waals surface area contributed by atoms with E-state index in [0.717, 1.165) is 56.8 Å². The summed E-state index contributed by atoms with van der Waals surface area (Å²) in [4.78, 5) is 15.2. The van der Waals surface area contributed by atoms with Crippen molar-refractivity contribution in [3.63, 3.8) is 0 Å².